The molecule has 0 unspecified atom stereocenters. The van der Waals surface area contributed by atoms with Crippen LogP contribution in [0, 0.1) is 0 Å². The van der Waals surface area contributed by atoms with Crippen molar-refractivity contribution in [1.82, 2.24) is 14.6 Å². The van der Waals surface area contributed by atoms with Gasteiger partial charge in [0.05, 0.1) is 22.4 Å². The van der Waals surface area contributed by atoms with E-state index < -0.39 is 0 Å². The third kappa shape index (κ3) is 3.03. The van der Waals surface area contributed by atoms with E-state index >= 15 is 0 Å². The van der Waals surface area contributed by atoms with Gasteiger partial charge in [-0.25, -0.2) is 4.98 Å². The van der Waals surface area contributed by atoms with E-state index in [0.29, 0.717) is 0 Å². The van der Waals surface area contributed by atoms with E-state index in [1.54, 1.807) is 0 Å². The summed E-state index contributed by atoms with van der Waals surface area (Å²) < 4.78 is 2.19. The monoisotopic (exact) mass is 378 g/mol. The molecular weight excluding hydrogens is 356 g/mol. The summed E-state index contributed by atoms with van der Waals surface area (Å²) in [4.78, 5) is 5.00. The molecule has 0 fully saturated rings. The van der Waals surface area contributed by atoms with E-state index in [4.69, 9.17) is 10.1 Å². The highest BCUT2D eigenvalue weighted by Crippen LogP contribution is 2.36. The second-order valence-electron chi connectivity index (χ2n) is 7.29. The Kier molecular flexibility index (Phi) is 4.24. The third-order valence-electron chi connectivity index (χ3n) is 5.44. The summed E-state index contributed by atoms with van der Waals surface area (Å²) in [6.07, 6.45) is 0.732. The van der Waals surface area contributed by atoms with Crippen molar-refractivity contribution < 1.29 is 0 Å². The maximum Gasteiger partial charge on any atom is 0.139 e. The summed E-state index contributed by atoms with van der Waals surface area (Å²) in [6.45, 7) is 0. The van der Waals surface area contributed by atoms with Gasteiger partial charge in [0.15, 0.2) is 0 Å². The molecule has 4 nitrogen and oxygen atoms in total. The highest BCUT2D eigenvalue weighted by Gasteiger charge is 2.26. The Morgan fingerprint density at radius 3 is 2.03 bits per heavy atom. The average Bonchev–Trinajstić information content (AvgIpc) is 3.11. The zero-order chi connectivity index (χ0) is 19.8. The van der Waals surface area contributed by atoms with Crippen LogP contribution in [0.1, 0.15) is 23.4 Å². The molecular formula is C25H22N4. The molecule has 0 aliphatic carbocycles. The highest BCUT2D eigenvalue weighted by molar-refractivity contribution is 6.11. The minimum absolute atomic E-state index is 0.732. The van der Waals surface area contributed by atoms with Crippen molar-refractivity contribution in [2.24, 2.45) is 12.1 Å². The number of nitrogens with zero attached hydrogens (tertiary/aromatic N) is 4. The molecule has 0 N–H and O–H groups in total. The zero-order valence-corrected chi connectivity index (χ0v) is 16.6. The van der Waals surface area contributed by atoms with Crippen molar-refractivity contribution in [3.8, 4) is 0 Å². The van der Waals surface area contributed by atoms with Gasteiger partial charge in [-0.3, -0.25) is 5.01 Å². The maximum atomic E-state index is 5.00. The molecule has 0 radical (unpaired) electrons. The van der Waals surface area contributed by atoms with E-state index in [0.717, 1.165) is 45.8 Å². The summed E-state index contributed by atoms with van der Waals surface area (Å²) >= 11 is 0. The van der Waals surface area contributed by atoms with E-state index in [2.05, 4.69) is 78.3 Å². The molecule has 1 aliphatic heterocycles. The molecule has 5 rings (SSSR count). The lowest BCUT2D eigenvalue weighted by molar-refractivity contribution is 0.510. The van der Waals surface area contributed by atoms with E-state index in [-0.39, 0.29) is 0 Å². The van der Waals surface area contributed by atoms with Gasteiger partial charge < -0.3 is 4.57 Å². The first-order valence-electron chi connectivity index (χ1n) is 9.79. The number of imidazole rings is 1. The lowest BCUT2D eigenvalue weighted by atomic mass is 9.95. The molecule has 0 amide bonds. The maximum absolute atomic E-state index is 5.00. The first kappa shape index (κ1) is 17.4. The fraction of sp³-hybridized carbons (Fsp3) is 0.120. The van der Waals surface area contributed by atoms with Gasteiger partial charge in [-0.15, -0.1) is 0 Å². The molecule has 4 aromatic rings. The molecule has 0 bridgehead atoms. The van der Waals surface area contributed by atoms with Crippen molar-refractivity contribution in [2.45, 2.75) is 6.42 Å². The van der Waals surface area contributed by atoms with Crippen molar-refractivity contribution in [3.05, 3.63) is 102 Å². The van der Waals surface area contributed by atoms with Crippen molar-refractivity contribution in [1.29, 1.82) is 0 Å². The Balaban J connectivity index is 1.72. The number of para-hydroxylation sites is 2. The Labute approximate surface area is 170 Å². The van der Waals surface area contributed by atoms with Crippen LogP contribution in [0.2, 0.25) is 0 Å². The number of allylic oxidation sites excluding steroid dienone is 1. The van der Waals surface area contributed by atoms with Gasteiger partial charge in [0.25, 0.3) is 0 Å². The van der Waals surface area contributed by atoms with Crippen LogP contribution in [0.15, 0.2) is 90.0 Å². The normalized spacial score (nSPS) is 14.4. The largest absolute Gasteiger partial charge is 0.327 e. The van der Waals surface area contributed by atoms with Crippen LogP contribution in [0.25, 0.3) is 22.3 Å². The van der Waals surface area contributed by atoms with Gasteiger partial charge in [-0.05, 0) is 17.7 Å². The van der Waals surface area contributed by atoms with Crippen LogP contribution in [-0.4, -0.2) is 27.3 Å². The summed E-state index contributed by atoms with van der Waals surface area (Å²) in [5.41, 5.74) is 7.77. The van der Waals surface area contributed by atoms with Crippen LogP contribution < -0.4 is 0 Å². The van der Waals surface area contributed by atoms with E-state index in [1.165, 1.54) is 5.57 Å². The molecule has 0 atom stereocenters. The number of aromatic nitrogens is 2. The van der Waals surface area contributed by atoms with Gasteiger partial charge in [0.2, 0.25) is 0 Å². The Morgan fingerprint density at radius 1 is 0.724 bits per heavy atom. The lowest BCUT2D eigenvalue weighted by Gasteiger charge is -2.28. The van der Waals surface area contributed by atoms with Crippen molar-refractivity contribution in [2.75, 3.05) is 7.05 Å². The van der Waals surface area contributed by atoms with Gasteiger partial charge in [0.1, 0.15) is 5.82 Å². The molecule has 0 saturated carbocycles. The lowest BCUT2D eigenvalue weighted by Crippen LogP contribution is -2.22. The average molecular weight is 378 g/mol. The molecule has 1 aromatic heterocycles. The Hall–Kier alpha value is -3.66. The smallest absolute Gasteiger partial charge is 0.139 e. The highest BCUT2D eigenvalue weighted by atomic mass is 15.4. The SMILES string of the molecule is CN1N=C(c2ccccc2)CC(c2nc3ccccc3n2C)=C1c1ccccc1. The second kappa shape index (κ2) is 7.06. The number of fused-ring (bicyclic) bond motifs is 1. The topological polar surface area (TPSA) is 33.4 Å². The van der Waals surface area contributed by atoms with Gasteiger partial charge >= 0.3 is 0 Å². The predicted molar refractivity (Wildman–Crippen MR) is 119 cm³/mol. The molecule has 4 heteroatoms. The van der Waals surface area contributed by atoms with Crippen LogP contribution >= 0.6 is 0 Å². The van der Waals surface area contributed by atoms with E-state index in [1.807, 2.05) is 30.3 Å². The molecule has 2 heterocycles. The molecule has 3 aromatic carbocycles. The van der Waals surface area contributed by atoms with Crippen LogP contribution in [0.5, 0.6) is 0 Å². The standard InChI is InChI=1S/C25H22N4/c1-28-23-16-10-9-15-21(23)26-25(28)20-17-22(18-11-5-3-6-12-18)27-29(2)24(20)19-13-7-4-8-14-19/h3-16H,17H2,1-2H3. The number of hydrogen-bond donors (Lipinski definition) is 0. The zero-order valence-electron chi connectivity index (χ0n) is 16.6. The molecule has 1 aliphatic rings. The second-order valence-corrected chi connectivity index (χ2v) is 7.29. The van der Waals surface area contributed by atoms with Crippen LogP contribution in [-0.2, 0) is 7.05 Å². The van der Waals surface area contributed by atoms with Gasteiger partial charge in [-0.1, -0.05) is 72.8 Å². The number of aryl methyl sites for hydroxylation is 1. The predicted octanol–water partition coefficient (Wildman–Crippen LogP) is 5.18. The fourth-order valence-electron chi connectivity index (χ4n) is 4.06. The molecule has 29 heavy (non-hydrogen) atoms. The minimum atomic E-state index is 0.732. The molecule has 0 saturated heterocycles. The van der Waals surface area contributed by atoms with Gasteiger partial charge in [0, 0.05) is 31.7 Å². The van der Waals surface area contributed by atoms with E-state index in [9.17, 15) is 0 Å². The molecule has 0 spiro atoms. The molecule has 142 valence electrons. The number of hydrogen-bond acceptors (Lipinski definition) is 3. The fourth-order valence-corrected chi connectivity index (χ4v) is 4.06. The summed E-state index contributed by atoms with van der Waals surface area (Å²) in [5.74, 6) is 0.986. The van der Waals surface area contributed by atoms with Crippen LogP contribution in [0.3, 0.4) is 0 Å². The minimum Gasteiger partial charge on any atom is -0.327 e. The van der Waals surface area contributed by atoms with Crippen molar-refractivity contribution >= 4 is 28.0 Å². The summed E-state index contributed by atoms with van der Waals surface area (Å²) in [5, 5.41) is 6.92. The number of rotatable bonds is 3. The Bertz CT molecular complexity index is 1230. The number of benzene rings is 3. The summed E-state index contributed by atoms with van der Waals surface area (Å²) in [6, 6.07) is 29.1. The first-order chi connectivity index (χ1) is 14.2. The van der Waals surface area contributed by atoms with Gasteiger partial charge in [-0.2, -0.15) is 5.10 Å². The van der Waals surface area contributed by atoms with Crippen molar-refractivity contribution in [3.63, 3.8) is 0 Å². The first-order valence-corrected chi connectivity index (χ1v) is 9.79. The number of hydrazone groups is 1. The summed E-state index contributed by atoms with van der Waals surface area (Å²) in [7, 11) is 4.11. The third-order valence-corrected chi connectivity index (χ3v) is 5.44. The van der Waals surface area contributed by atoms with Crippen LogP contribution in [0.4, 0.5) is 0 Å². The quantitative estimate of drug-likeness (QED) is 0.492. The Morgan fingerprint density at radius 2 is 1.34 bits per heavy atom.